The maximum Gasteiger partial charge on any atom is 0.128 e. The van der Waals surface area contributed by atoms with Crippen LogP contribution >= 0.6 is 11.6 Å². The van der Waals surface area contributed by atoms with Crippen LogP contribution in [0.15, 0.2) is 36.4 Å². The second kappa shape index (κ2) is 4.63. The number of nitrogens with two attached hydrogens (primary N) is 1. The van der Waals surface area contributed by atoms with E-state index in [4.69, 9.17) is 17.3 Å². The lowest BCUT2D eigenvalue weighted by atomic mass is 10.1. The molecule has 2 rings (SSSR count). The molecule has 0 unspecified atom stereocenters. The quantitative estimate of drug-likeness (QED) is 0.787. The molecule has 0 amide bonds. The molecule has 0 bridgehead atoms. The third kappa shape index (κ3) is 2.34. The zero-order chi connectivity index (χ0) is 12.4. The fraction of sp³-hybridized carbons (Fsp3) is 0.0769. The number of para-hydroxylation sites is 1. The van der Waals surface area contributed by atoms with Crippen LogP contribution in [0.1, 0.15) is 5.56 Å². The van der Waals surface area contributed by atoms with E-state index in [0.717, 1.165) is 0 Å². The number of hydrogen-bond donors (Lipinski definition) is 2. The zero-order valence-electron chi connectivity index (χ0n) is 9.30. The first-order valence-electron chi connectivity index (χ1n) is 5.15. The summed E-state index contributed by atoms with van der Waals surface area (Å²) in [5.74, 6) is -0.254. The third-order valence-corrected chi connectivity index (χ3v) is 2.92. The van der Waals surface area contributed by atoms with Crippen LogP contribution in [-0.2, 0) is 0 Å². The summed E-state index contributed by atoms with van der Waals surface area (Å²) in [7, 11) is 0. The predicted octanol–water partition coefficient (Wildman–Crippen LogP) is 4.11. The second-order valence-corrected chi connectivity index (χ2v) is 4.15. The highest BCUT2D eigenvalue weighted by molar-refractivity contribution is 6.33. The first-order valence-corrected chi connectivity index (χ1v) is 5.53. The zero-order valence-corrected chi connectivity index (χ0v) is 10.1. The van der Waals surface area contributed by atoms with Crippen LogP contribution in [0, 0.1) is 12.7 Å². The van der Waals surface area contributed by atoms with E-state index in [-0.39, 0.29) is 5.82 Å². The van der Waals surface area contributed by atoms with Crippen molar-refractivity contribution in [2.24, 2.45) is 0 Å². The average Bonchev–Trinajstić information content (AvgIpc) is 2.31. The number of anilines is 3. The Kier molecular flexibility index (Phi) is 3.20. The Labute approximate surface area is 104 Å². The van der Waals surface area contributed by atoms with E-state index in [0.29, 0.717) is 27.6 Å². The summed E-state index contributed by atoms with van der Waals surface area (Å²) >= 11 is 5.91. The van der Waals surface area contributed by atoms with E-state index >= 15 is 0 Å². The van der Waals surface area contributed by atoms with Crippen LogP contribution in [0.25, 0.3) is 0 Å². The second-order valence-electron chi connectivity index (χ2n) is 3.74. The van der Waals surface area contributed by atoms with Gasteiger partial charge in [-0.3, -0.25) is 0 Å². The Hall–Kier alpha value is -1.74. The maximum atomic E-state index is 13.4. The lowest BCUT2D eigenvalue weighted by Crippen LogP contribution is -1.99. The van der Waals surface area contributed by atoms with Gasteiger partial charge in [-0.2, -0.15) is 0 Å². The van der Waals surface area contributed by atoms with Gasteiger partial charge in [0.05, 0.1) is 16.4 Å². The number of benzene rings is 2. The largest absolute Gasteiger partial charge is 0.396 e. The average molecular weight is 251 g/mol. The summed E-state index contributed by atoms with van der Waals surface area (Å²) in [6, 6.07) is 10.1. The number of halogens is 2. The molecule has 0 aliphatic rings. The highest BCUT2D eigenvalue weighted by Crippen LogP contribution is 2.30. The van der Waals surface area contributed by atoms with Crippen molar-refractivity contribution < 1.29 is 4.39 Å². The topological polar surface area (TPSA) is 38.0 Å². The van der Waals surface area contributed by atoms with Crippen LogP contribution in [0.2, 0.25) is 5.02 Å². The predicted molar refractivity (Wildman–Crippen MR) is 70.3 cm³/mol. The van der Waals surface area contributed by atoms with Crippen molar-refractivity contribution in [2.45, 2.75) is 6.92 Å². The summed E-state index contributed by atoms with van der Waals surface area (Å²) < 4.78 is 13.4. The van der Waals surface area contributed by atoms with Gasteiger partial charge in [0.25, 0.3) is 0 Å². The van der Waals surface area contributed by atoms with Crippen LogP contribution < -0.4 is 11.1 Å². The minimum Gasteiger partial charge on any atom is -0.396 e. The van der Waals surface area contributed by atoms with Crippen molar-refractivity contribution in [3.63, 3.8) is 0 Å². The van der Waals surface area contributed by atoms with Crippen molar-refractivity contribution in [1.29, 1.82) is 0 Å². The SMILES string of the molecule is Cc1c(F)cccc1Nc1cccc(Cl)c1N. The summed E-state index contributed by atoms with van der Waals surface area (Å²) in [6.45, 7) is 1.71. The summed E-state index contributed by atoms with van der Waals surface area (Å²) in [4.78, 5) is 0. The molecule has 0 aliphatic heterocycles. The minimum atomic E-state index is -0.254. The molecule has 0 atom stereocenters. The van der Waals surface area contributed by atoms with Crippen molar-refractivity contribution in [3.8, 4) is 0 Å². The number of nitrogen functional groups attached to an aromatic ring is 1. The monoisotopic (exact) mass is 250 g/mol. The standard InChI is InChI=1S/C13H12ClFN2/c1-8-10(15)5-3-6-11(8)17-12-7-2-4-9(14)13(12)16/h2-7,17H,16H2,1H3. The van der Waals surface area contributed by atoms with Crippen molar-refractivity contribution in [3.05, 3.63) is 52.8 Å². The molecule has 2 nitrogen and oxygen atoms in total. The van der Waals surface area contributed by atoms with E-state index in [1.165, 1.54) is 6.07 Å². The van der Waals surface area contributed by atoms with Crippen molar-refractivity contribution in [2.75, 3.05) is 11.1 Å². The molecule has 0 saturated carbocycles. The van der Waals surface area contributed by atoms with Crippen molar-refractivity contribution >= 4 is 28.7 Å². The summed E-state index contributed by atoms with van der Waals surface area (Å²) in [5, 5.41) is 3.55. The smallest absolute Gasteiger partial charge is 0.128 e. The molecule has 4 heteroatoms. The molecular weight excluding hydrogens is 239 g/mol. The van der Waals surface area contributed by atoms with E-state index in [2.05, 4.69) is 5.32 Å². The highest BCUT2D eigenvalue weighted by atomic mass is 35.5. The molecule has 0 heterocycles. The molecule has 0 fully saturated rings. The molecule has 0 aliphatic carbocycles. The Balaban J connectivity index is 2.38. The van der Waals surface area contributed by atoms with E-state index in [9.17, 15) is 4.39 Å². The van der Waals surface area contributed by atoms with Crippen LogP contribution in [0.5, 0.6) is 0 Å². The van der Waals surface area contributed by atoms with Gasteiger partial charge in [-0.1, -0.05) is 23.7 Å². The normalized spacial score (nSPS) is 10.3. The van der Waals surface area contributed by atoms with Gasteiger partial charge in [-0.05, 0) is 31.2 Å². The molecule has 0 spiro atoms. The Morgan fingerprint density at radius 1 is 1.12 bits per heavy atom. The van der Waals surface area contributed by atoms with Crippen LogP contribution in [-0.4, -0.2) is 0 Å². The molecule has 17 heavy (non-hydrogen) atoms. The molecular formula is C13H12ClFN2. The highest BCUT2D eigenvalue weighted by Gasteiger charge is 2.06. The number of hydrogen-bond acceptors (Lipinski definition) is 2. The van der Waals surface area contributed by atoms with Crippen LogP contribution in [0.4, 0.5) is 21.5 Å². The molecule has 0 radical (unpaired) electrons. The Bertz CT molecular complexity index is 506. The summed E-state index contributed by atoms with van der Waals surface area (Å²) in [6.07, 6.45) is 0. The van der Waals surface area contributed by atoms with Gasteiger partial charge in [0.1, 0.15) is 5.82 Å². The van der Waals surface area contributed by atoms with Crippen molar-refractivity contribution in [1.82, 2.24) is 0 Å². The fourth-order valence-corrected chi connectivity index (χ4v) is 1.71. The lowest BCUT2D eigenvalue weighted by Gasteiger charge is -2.12. The van der Waals surface area contributed by atoms with Gasteiger partial charge in [-0.15, -0.1) is 0 Å². The van der Waals surface area contributed by atoms with Gasteiger partial charge in [0.15, 0.2) is 0 Å². The first-order chi connectivity index (χ1) is 8.09. The van der Waals surface area contributed by atoms with Crippen LogP contribution in [0.3, 0.4) is 0 Å². The lowest BCUT2D eigenvalue weighted by molar-refractivity contribution is 0.619. The van der Waals surface area contributed by atoms with E-state index in [1.807, 2.05) is 0 Å². The number of nitrogens with one attached hydrogen (secondary N) is 1. The molecule has 2 aromatic carbocycles. The molecule has 0 aromatic heterocycles. The fourth-order valence-electron chi connectivity index (χ4n) is 1.53. The summed E-state index contributed by atoms with van der Waals surface area (Å²) in [5.41, 5.74) is 8.19. The minimum absolute atomic E-state index is 0.254. The molecule has 88 valence electrons. The van der Waals surface area contributed by atoms with Gasteiger partial charge in [0, 0.05) is 11.3 Å². The molecule has 2 aromatic rings. The third-order valence-electron chi connectivity index (χ3n) is 2.59. The van der Waals surface area contributed by atoms with Gasteiger partial charge in [-0.25, -0.2) is 4.39 Å². The Morgan fingerprint density at radius 3 is 2.53 bits per heavy atom. The van der Waals surface area contributed by atoms with Gasteiger partial charge >= 0.3 is 0 Å². The molecule has 0 saturated heterocycles. The molecule has 3 N–H and O–H groups in total. The van der Waals surface area contributed by atoms with Gasteiger partial charge in [0.2, 0.25) is 0 Å². The van der Waals surface area contributed by atoms with E-state index in [1.54, 1.807) is 37.3 Å². The maximum absolute atomic E-state index is 13.4. The van der Waals surface area contributed by atoms with Gasteiger partial charge < -0.3 is 11.1 Å². The Morgan fingerprint density at radius 2 is 1.76 bits per heavy atom. The number of rotatable bonds is 2. The van der Waals surface area contributed by atoms with E-state index < -0.39 is 0 Å². The first kappa shape index (κ1) is 11.7.